The number of non-ortho nitro benzene ring substituents is 1. The van der Waals surface area contributed by atoms with Gasteiger partial charge in [0.25, 0.3) is 5.69 Å². The molecule has 0 unspecified atom stereocenters. The quantitative estimate of drug-likeness (QED) is 0.235. The van der Waals surface area contributed by atoms with Gasteiger partial charge in [-0.1, -0.05) is 30.0 Å². The number of aromatic nitrogens is 3. The summed E-state index contributed by atoms with van der Waals surface area (Å²) in [5.74, 6) is -0.479. The molecule has 0 fully saturated rings. The lowest BCUT2D eigenvalue weighted by atomic mass is 10.2. The lowest BCUT2D eigenvalue weighted by Crippen LogP contribution is -2.00. The average molecular weight is 424 g/mol. The Morgan fingerprint density at radius 2 is 1.60 bits per heavy atom. The van der Waals surface area contributed by atoms with Crippen LogP contribution in [0.2, 0.25) is 0 Å². The fraction of sp³-hybridized carbons (Fsp3) is 0.0476. The van der Waals surface area contributed by atoms with E-state index in [2.05, 4.69) is 10.2 Å². The number of thioether (sulfide) groups is 1. The van der Waals surface area contributed by atoms with Gasteiger partial charge < -0.3 is 0 Å². The van der Waals surface area contributed by atoms with Gasteiger partial charge in [-0.25, -0.2) is 8.78 Å². The fourth-order valence-corrected chi connectivity index (χ4v) is 3.82. The predicted octanol–water partition coefficient (Wildman–Crippen LogP) is 5.41. The molecule has 6 nitrogen and oxygen atoms in total. The Kier molecular flexibility index (Phi) is 5.53. The molecule has 150 valence electrons. The molecule has 0 spiro atoms. The summed E-state index contributed by atoms with van der Waals surface area (Å²) in [5, 5.41) is 20.0. The molecule has 0 saturated heterocycles. The van der Waals surface area contributed by atoms with Crippen LogP contribution in [0, 0.1) is 21.7 Å². The van der Waals surface area contributed by atoms with Crippen LogP contribution >= 0.6 is 11.8 Å². The number of rotatable bonds is 6. The van der Waals surface area contributed by atoms with Crippen LogP contribution in [0.25, 0.3) is 17.1 Å². The molecule has 0 aliphatic carbocycles. The van der Waals surface area contributed by atoms with Crippen molar-refractivity contribution >= 4 is 17.4 Å². The second-order valence-corrected chi connectivity index (χ2v) is 7.29. The third-order valence-corrected chi connectivity index (χ3v) is 5.27. The van der Waals surface area contributed by atoms with Crippen molar-refractivity contribution in [2.24, 2.45) is 0 Å². The van der Waals surface area contributed by atoms with Crippen LogP contribution in [0.15, 0.2) is 78.0 Å². The Balaban J connectivity index is 1.71. The van der Waals surface area contributed by atoms with Crippen molar-refractivity contribution in [3.8, 4) is 17.1 Å². The largest absolute Gasteiger partial charge is 0.270 e. The summed E-state index contributed by atoms with van der Waals surface area (Å²) in [6.07, 6.45) is 0. The molecule has 1 aromatic heterocycles. The van der Waals surface area contributed by atoms with Gasteiger partial charge in [0.15, 0.2) is 11.0 Å². The minimum atomic E-state index is -0.637. The molecule has 0 N–H and O–H groups in total. The van der Waals surface area contributed by atoms with Gasteiger partial charge in [0.1, 0.15) is 11.6 Å². The molecule has 0 saturated carbocycles. The number of nitrogens with zero attached hydrogens (tertiary/aromatic N) is 4. The molecule has 4 rings (SSSR count). The summed E-state index contributed by atoms with van der Waals surface area (Å²) < 4.78 is 28.8. The SMILES string of the molecule is O=[N+]([O-])c1ccc(-c2nnc(SCc3cc(F)cc(F)c3)n2-c2ccccc2)cc1. The van der Waals surface area contributed by atoms with Crippen LogP contribution in [0.4, 0.5) is 14.5 Å². The normalized spacial score (nSPS) is 10.9. The van der Waals surface area contributed by atoms with Gasteiger partial charge in [-0.3, -0.25) is 14.7 Å². The molecule has 0 aliphatic heterocycles. The summed E-state index contributed by atoms with van der Waals surface area (Å²) in [7, 11) is 0. The number of benzene rings is 3. The fourth-order valence-electron chi connectivity index (χ4n) is 2.93. The molecule has 0 aliphatic rings. The van der Waals surface area contributed by atoms with E-state index in [4.69, 9.17) is 0 Å². The number of nitro benzene ring substituents is 1. The molecule has 30 heavy (non-hydrogen) atoms. The highest BCUT2D eigenvalue weighted by atomic mass is 32.2. The van der Waals surface area contributed by atoms with Crippen molar-refractivity contribution in [1.82, 2.24) is 14.8 Å². The van der Waals surface area contributed by atoms with Crippen LogP contribution in [-0.2, 0) is 5.75 Å². The number of para-hydroxylation sites is 1. The van der Waals surface area contributed by atoms with Gasteiger partial charge in [-0.15, -0.1) is 10.2 Å². The molecule has 3 aromatic carbocycles. The molecule has 0 amide bonds. The number of halogens is 2. The maximum atomic E-state index is 13.5. The first-order chi connectivity index (χ1) is 14.5. The van der Waals surface area contributed by atoms with E-state index >= 15 is 0 Å². The van der Waals surface area contributed by atoms with E-state index in [1.54, 1.807) is 12.1 Å². The molecule has 1 heterocycles. The molecular formula is C21H14F2N4O2S. The van der Waals surface area contributed by atoms with E-state index in [9.17, 15) is 18.9 Å². The van der Waals surface area contributed by atoms with Gasteiger partial charge in [-0.2, -0.15) is 0 Å². The number of hydrogen-bond acceptors (Lipinski definition) is 5. The van der Waals surface area contributed by atoms with Crippen molar-refractivity contribution in [2.45, 2.75) is 10.9 Å². The van der Waals surface area contributed by atoms with E-state index in [1.165, 1.54) is 36.0 Å². The summed E-state index contributed by atoms with van der Waals surface area (Å²) in [6, 6.07) is 18.8. The van der Waals surface area contributed by atoms with E-state index < -0.39 is 16.6 Å². The second-order valence-electron chi connectivity index (χ2n) is 6.35. The lowest BCUT2D eigenvalue weighted by Gasteiger charge is -2.10. The average Bonchev–Trinajstić information content (AvgIpc) is 3.16. The first kappa shape index (κ1) is 19.7. The van der Waals surface area contributed by atoms with Gasteiger partial charge in [0.2, 0.25) is 0 Å². The van der Waals surface area contributed by atoms with Crippen molar-refractivity contribution in [3.05, 3.63) is 100 Å². The predicted molar refractivity (Wildman–Crippen MR) is 109 cm³/mol. The van der Waals surface area contributed by atoms with Crippen LogP contribution in [0.5, 0.6) is 0 Å². The van der Waals surface area contributed by atoms with Crippen molar-refractivity contribution < 1.29 is 13.7 Å². The first-order valence-electron chi connectivity index (χ1n) is 8.85. The number of hydrogen-bond donors (Lipinski definition) is 0. The highest BCUT2D eigenvalue weighted by molar-refractivity contribution is 7.98. The van der Waals surface area contributed by atoms with E-state index in [-0.39, 0.29) is 5.69 Å². The highest BCUT2D eigenvalue weighted by Gasteiger charge is 2.17. The summed E-state index contributed by atoms with van der Waals surface area (Å²) in [5.41, 5.74) is 1.91. The van der Waals surface area contributed by atoms with Gasteiger partial charge >= 0.3 is 0 Å². The molecule has 0 atom stereocenters. The first-order valence-corrected chi connectivity index (χ1v) is 9.83. The zero-order valence-electron chi connectivity index (χ0n) is 15.4. The minimum Gasteiger partial charge on any atom is -0.270 e. The van der Waals surface area contributed by atoms with E-state index in [1.807, 2.05) is 34.9 Å². The van der Waals surface area contributed by atoms with Crippen LogP contribution < -0.4 is 0 Å². The third-order valence-electron chi connectivity index (χ3n) is 4.27. The molecule has 9 heteroatoms. The Bertz CT molecular complexity index is 1180. The second kappa shape index (κ2) is 8.42. The number of nitro groups is 1. The van der Waals surface area contributed by atoms with E-state index in [0.717, 1.165) is 11.8 Å². The molecule has 0 bridgehead atoms. The zero-order valence-corrected chi connectivity index (χ0v) is 16.2. The van der Waals surface area contributed by atoms with Crippen molar-refractivity contribution in [3.63, 3.8) is 0 Å². The Morgan fingerprint density at radius 3 is 2.23 bits per heavy atom. The molecule has 0 radical (unpaired) electrons. The summed E-state index contributed by atoms with van der Waals surface area (Å²) in [6.45, 7) is 0. The molecule has 4 aromatic rings. The third kappa shape index (κ3) is 4.20. The standard InChI is InChI=1S/C21H14F2N4O2S/c22-16-10-14(11-17(23)12-16)13-30-21-25-24-20(26(21)18-4-2-1-3-5-18)15-6-8-19(9-7-15)27(28)29/h1-12H,13H2. The summed E-state index contributed by atoms with van der Waals surface area (Å²) >= 11 is 1.28. The monoisotopic (exact) mass is 424 g/mol. The van der Waals surface area contributed by atoms with Crippen molar-refractivity contribution in [1.29, 1.82) is 0 Å². The van der Waals surface area contributed by atoms with Gasteiger partial charge in [-0.05, 0) is 42.0 Å². The summed E-state index contributed by atoms with van der Waals surface area (Å²) in [4.78, 5) is 10.5. The maximum absolute atomic E-state index is 13.5. The smallest absolute Gasteiger partial charge is 0.269 e. The van der Waals surface area contributed by atoms with Crippen LogP contribution in [-0.4, -0.2) is 19.7 Å². The van der Waals surface area contributed by atoms with Crippen LogP contribution in [0.3, 0.4) is 0 Å². The topological polar surface area (TPSA) is 73.8 Å². The van der Waals surface area contributed by atoms with E-state index in [0.29, 0.717) is 27.9 Å². The minimum absolute atomic E-state index is 0.0211. The Morgan fingerprint density at radius 1 is 0.933 bits per heavy atom. The maximum Gasteiger partial charge on any atom is 0.269 e. The molecular weight excluding hydrogens is 410 g/mol. The zero-order chi connectivity index (χ0) is 21.1. The lowest BCUT2D eigenvalue weighted by molar-refractivity contribution is -0.384. The Hall–Kier alpha value is -3.59. The van der Waals surface area contributed by atoms with Gasteiger partial charge in [0, 0.05) is 35.2 Å². The highest BCUT2D eigenvalue weighted by Crippen LogP contribution is 2.30. The van der Waals surface area contributed by atoms with Gasteiger partial charge in [0.05, 0.1) is 4.92 Å². The Labute approximate surface area is 174 Å². The van der Waals surface area contributed by atoms with Crippen molar-refractivity contribution in [2.75, 3.05) is 0 Å². The van der Waals surface area contributed by atoms with Crippen LogP contribution in [0.1, 0.15) is 5.56 Å².